The molecule has 0 spiro atoms. The molecule has 4 bridgehead atoms. The van der Waals surface area contributed by atoms with Gasteiger partial charge < -0.3 is 39.9 Å². The van der Waals surface area contributed by atoms with Gasteiger partial charge in [-0.3, -0.25) is 0 Å². The molecule has 0 saturated heterocycles. The van der Waals surface area contributed by atoms with E-state index < -0.39 is 24.3 Å². The van der Waals surface area contributed by atoms with Crippen molar-refractivity contribution in [1.82, 2.24) is 0 Å². The van der Waals surface area contributed by atoms with Gasteiger partial charge in [-0.25, -0.2) is 0 Å². The van der Waals surface area contributed by atoms with Crippen molar-refractivity contribution in [2.45, 2.75) is 64.0 Å². The maximum Gasteiger partial charge on any atom is 0.430 e. The molecule has 2 aromatic carbocycles. The molecule has 2 aliphatic rings. The summed E-state index contributed by atoms with van der Waals surface area (Å²) in [5.74, 6) is -4.21. The molecule has 6 rings (SSSR count). The second-order valence-electron chi connectivity index (χ2n) is 11.2. The van der Waals surface area contributed by atoms with Crippen LogP contribution in [-0.4, -0.2) is 51.6 Å². The minimum absolute atomic E-state index is 0.900. The Morgan fingerprint density at radius 3 is 1.32 bits per heavy atom. The molecule has 0 saturated carbocycles. The molecule has 2 N–H and O–H groups in total. The van der Waals surface area contributed by atoms with Crippen LogP contribution in [0.25, 0.3) is 21.8 Å². The molecule has 50 heavy (non-hydrogen) atoms. The maximum absolute atomic E-state index is 10.5. The number of ether oxygens (including phenoxy) is 2. The Kier molecular flexibility index (Phi) is 14.3. The molecule has 0 atom stereocenters. The summed E-state index contributed by atoms with van der Waals surface area (Å²) in [6.45, 7) is 3.93. The Morgan fingerprint density at radius 1 is 0.620 bits per heavy atom. The highest BCUT2D eigenvalue weighted by molar-refractivity contribution is 5.90. The maximum atomic E-state index is 10.5. The molecule has 4 heterocycles. The third-order valence-electron chi connectivity index (χ3n) is 7.70. The first-order valence-electron chi connectivity index (χ1n) is 15.7. The van der Waals surface area contributed by atoms with Gasteiger partial charge in [-0.2, -0.15) is 35.5 Å². The summed E-state index contributed by atoms with van der Waals surface area (Å²) >= 11 is 0. The second-order valence-corrected chi connectivity index (χ2v) is 11.2. The van der Waals surface area contributed by atoms with Gasteiger partial charge in [0, 0.05) is 38.1 Å². The largest absolute Gasteiger partial charge is 0.542 e. The first kappa shape index (κ1) is 39.4. The minimum atomic E-state index is -5.19. The van der Waals surface area contributed by atoms with E-state index in [-0.39, 0.29) is 0 Å². The highest BCUT2D eigenvalue weighted by atomic mass is 19.4. The topological polar surface area (TPSA) is 131 Å². The summed E-state index contributed by atoms with van der Waals surface area (Å²) in [5, 5.41) is 27.4. The lowest BCUT2D eigenvalue weighted by molar-refractivity contribution is -0.675. The number of methoxy groups -OCH3 is 2. The van der Waals surface area contributed by atoms with Crippen LogP contribution >= 0.6 is 0 Å². The summed E-state index contributed by atoms with van der Waals surface area (Å²) in [5.41, 5.74) is 4.85. The van der Waals surface area contributed by atoms with Crippen molar-refractivity contribution < 1.29 is 64.8 Å². The van der Waals surface area contributed by atoms with Crippen molar-refractivity contribution in [1.29, 1.82) is 0 Å². The minimum Gasteiger partial charge on any atom is -0.542 e. The van der Waals surface area contributed by atoms with E-state index in [0.717, 1.165) is 69.8 Å². The fraction of sp³-hybridized carbons (Fsp3) is 0.412. The fourth-order valence-electron chi connectivity index (χ4n) is 5.19. The summed E-state index contributed by atoms with van der Waals surface area (Å²) < 4.78 is 78.9. The average Bonchev–Trinajstić information content (AvgIpc) is 3.07. The van der Waals surface area contributed by atoms with Gasteiger partial charge in [-0.15, -0.1) is 0 Å². The summed E-state index contributed by atoms with van der Waals surface area (Å²) in [6.07, 6.45) is 0.936. The monoisotopic (exact) mass is 712 g/mol. The van der Waals surface area contributed by atoms with E-state index >= 15 is 0 Å². The lowest BCUT2D eigenvalue weighted by atomic mass is 10.1. The van der Waals surface area contributed by atoms with Crippen LogP contribution in [0.1, 0.15) is 38.5 Å². The van der Waals surface area contributed by atoms with Crippen molar-refractivity contribution >= 4 is 45.1 Å². The van der Waals surface area contributed by atoms with E-state index in [1.807, 2.05) is 0 Å². The number of carbonyl (C=O) groups is 2. The van der Waals surface area contributed by atoms with Crippen LogP contribution in [0, 0.1) is 0 Å². The van der Waals surface area contributed by atoms with Gasteiger partial charge in [0.2, 0.25) is 11.0 Å². The second kappa shape index (κ2) is 18.1. The number of benzene rings is 2. The van der Waals surface area contributed by atoms with Crippen molar-refractivity contribution in [2.24, 2.45) is 0 Å². The van der Waals surface area contributed by atoms with Gasteiger partial charge in [0.05, 0.1) is 48.5 Å². The van der Waals surface area contributed by atoms with E-state index in [0.29, 0.717) is 0 Å². The molecule has 0 amide bonds. The van der Waals surface area contributed by atoms with Crippen LogP contribution in [0.2, 0.25) is 0 Å². The molecular weight excluding hydrogens is 674 g/mol. The number of pyridine rings is 2. The number of rotatable bonds is 2. The number of aliphatic carboxylic acids is 2. The summed E-state index contributed by atoms with van der Waals surface area (Å²) in [7, 11) is 3.47. The predicted octanol–water partition coefficient (Wildman–Crippen LogP) is 4.06. The number of alkyl halides is 6. The van der Waals surface area contributed by atoms with Crippen LogP contribution in [-0.2, 0) is 22.7 Å². The molecule has 0 radical (unpaired) electrons. The molecule has 0 unspecified atom stereocenters. The zero-order valence-corrected chi connectivity index (χ0v) is 27.5. The average molecular weight is 713 g/mol. The van der Waals surface area contributed by atoms with Crippen molar-refractivity contribution in [3.05, 3.63) is 60.9 Å². The van der Waals surface area contributed by atoms with Crippen LogP contribution in [0.4, 0.5) is 37.7 Å². The lowest BCUT2D eigenvalue weighted by Crippen LogP contribution is -2.37. The van der Waals surface area contributed by atoms with Crippen LogP contribution in [0.5, 0.6) is 11.5 Å². The number of carboxylic acids is 2. The van der Waals surface area contributed by atoms with Crippen LogP contribution in [0.15, 0.2) is 60.9 Å². The number of aromatic nitrogens is 2. The number of carboxylic acid groups (broad SMARTS) is 2. The molecule has 10 nitrogen and oxygen atoms in total. The highest BCUT2D eigenvalue weighted by Crippen LogP contribution is 2.27. The smallest absolute Gasteiger partial charge is 0.430 e. The van der Waals surface area contributed by atoms with E-state index in [1.165, 1.54) is 39.6 Å². The van der Waals surface area contributed by atoms with Gasteiger partial charge in [-0.05, 0) is 49.9 Å². The lowest BCUT2D eigenvalue weighted by Gasteiger charge is -2.12. The third-order valence-corrected chi connectivity index (χ3v) is 7.70. The van der Waals surface area contributed by atoms with Gasteiger partial charge >= 0.3 is 12.4 Å². The number of fused-ring (bicyclic) bond motifs is 12. The summed E-state index contributed by atoms with van der Waals surface area (Å²) in [6, 6.07) is 17.3. The van der Waals surface area contributed by atoms with E-state index in [2.05, 4.69) is 80.7 Å². The Morgan fingerprint density at radius 2 is 0.980 bits per heavy atom. The summed E-state index contributed by atoms with van der Waals surface area (Å²) in [4.78, 5) is 17.6. The Labute approximate surface area is 284 Å². The number of halogens is 6. The quantitative estimate of drug-likeness (QED) is 0.235. The number of nitrogens with zero attached hydrogens (tertiary/aromatic N) is 2. The zero-order chi connectivity index (χ0) is 36.9. The first-order chi connectivity index (χ1) is 23.6. The van der Waals surface area contributed by atoms with Crippen molar-refractivity contribution in [2.75, 3.05) is 37.9 Å². The SMILES string of the molecule is COc1ccc2c3cc[n+](c2c1)CCCCC[n+]1ccc(c2ccc(OC)cc21)NCCCCCN3.O=C([O-])C(F)(F)F.O=C([O-])C(F)(F)F. The molecule has 16 heteroatoms. The number of anilines is 2. The van der Waals surface area contributed by atoms with Gasteiger partial charge in [0.1, 0.15) is 36.5 Å². The predicted molar refractivity (Wildman–Crippen MR) is 168 cm³/mol. The van der Waals surface area contributed by atoms with Crippen LogP contribution in [0.3, 0.4) is 0 Å². The van der Waals surface area contributed by atoms with Crippen molar-refractivity contribution in [3.8, 4) is 11.5 Å². The standard InChI is InChI=1S/C30H36N4O2.2C2HF3O2/c1-35-23-9-11-25-27-13-19-33(29(25)21-23)17-7-4-8-18-34-20-14-28(32-16-6-3-5-15-31-27)26-12-10-24(36-2)22-30(26)34;2*3-2(4,5)1(6)7/h9-14,19-22H,3-8,15-18H2,1-2H3;2*(H,6,7). The fourth-order valence-corrected chi connectivity index (χ4v) is 5.19. The van der Waals surface area contributed by atoms with E-state index in [4.69, 9.17) is 29.3 Å². The van der Waals surface area contributed by atoms with Crippen molar-refractivity contribution in [3.63, 3.8) is 0 Å². The Balaban J connectivity index is 0.000000408. The molecular formula is C34H38F6N4O6. The first-order valence-corrected chi connectivity index (χ1v) is 15.7. The normalized spacial score (nSPS) is 14.2. The van der Waals surface area contributed by atoms with Gasteiger partial charge in [-0.1, -0.05) is 0 Å². The molecule has 0 aliphatic carbocycles. The van der Waals surface area contributed by atoms with Gasteiger partial charge in [0.25, 0.3) is 0 Å². The number of hydrogen-bond donors (Lipinski definition) is 2. The Hall–Kier alpha value is -5.02. The number of nitrogens with one attached hydrogen (secondary N) is 2. The number of aryl methyl sites for hydroxylation is 2. The van der Waals surface area contributed by atoms with Crippen LogP contribution < -0.4 is 39.5 Å². The van der Waals surface area contributed by atoms with E-state index in [1.54, 1.807) is 14.2 Å². The number of carbonyl (C=O) groups excluding carboxylic acids is 2. The molecule has 0 fully saturated rings. The number of hydrogen-bond acceptors (Lipinski definition) is 8. The highest BCUT2D eigenvalue weighted by Gasteiger charge is 2.29. The molecule has 4 aromatic rings. The molecule has 272 valence electrons. The molecule has 2 aliphatic heterocycles. The Bertz CT molecular complexity index is 1620. The third kappa shape index (κ3) is 11.6. The van der Waals surface area contributed by atoms with E-state index in [9.17, 15) is 26.3 Å². The van der Waals surface area contributed by atoms with Gasteiger partial charge in [0.15, 0.2) is 12.4 Å². The molecule has 2 aromatic heterocycles. The zero-order valence-electron chi connectivity index (χ0n) is 27.5.